The molecule has 0 bridgehead atoms. The number of hydrogen-bond donors (Lipinski definition) is 1. The second-order valence-electron chi connectivity index (χ2n) is 5.75. The lowest BCUT2D eigenvalue weighted by Crippen LogP contribution is -2.21. The van der Waals surface area contributed by atoms with E-state index in [2.05, 4.69) is 52.7 Å². The van der Waals surface area contributed by atoms with Crippen molar-refractivity contribution in [2.24, 2.45) is 13.0 Å². The maximum absolute atomic E-state index is 4.33. The summed E-state index contributed by atoms with van der Waals surface area (Å²) in [6.45, 7) is 3.16. The summed E-state index contributed by atoms with van der Waals surface area (Å²) in [4.78, 5) is 4.28. The summed E-state index contributed by atoms with van der Waals surface area (Å²) in [5.41, 5.74) is 1.50. The maximum Gasteiger partial charge on any atom is 0.167 e. The molecule has 1 N–H and O–H groups in total. The minimum atomic E-state index is 0.227. The van der Waals surface area contributed by atoms with E-state index in [1.807, 2.05) is 7.05 Å². The van der Waals surface area contributed by atoms with E-state index >= 15 is 0 Å². The molecule has 2 aromatic rings. The zero-order valence-electron chi connectivity index (χ0n) is 12.2. The van der Waals surface area contributed by atoms with Crippen LogP contribution in [-0.4, -0.2) is 21.3 Å². The molecule has 0 radical (unpaired) electrons. The second kappa shape index (κ2) is 5.75. The summed E-state index contributed by atoms with van der Waals surface area (Å²) in [7, 11) is 1.90. The van der Waals surface area contributed by atoms with Crippen LogP contribution in [0.15, 0.2) is 36.7 Å². The number of nitrogens with one attached hydrogen (secondary N) is 1. The first-order valence-electron chi connectivity index (χ1n) is 7.38. The molecule has 1 heterocycles. The number of benzene rings is 1. The van der Waals surface area contributed by atoms with Crippen LogP contribution in [0, 0.1) is 5.92 Å². The van der Waals surface area contributed by atoms with E-state index in [1.54, 1.807) is 11.0 Å². The van der Waals surface area contributed by atoms with Gasteiger partial charge in [-0.1, -0.05) is 30.3 Å². The Kier molecular flexibility index (Phi) is 3.83. The van der Waals surface area contributed by atoms with Crippen molar-refractivity contribution < 1.29 is 0 Å². The number of aryl methyl sites for hydroxylation is 1. The fourth-order valence-corrected chi connectivity index (χ4v) is 2.81. The standard InChI is InChI=1S/C16H22N4/c1-12(16-18-11-20(2)19-16)17-9-8-14-10-15(14)13-6-4-3-5-7-13/h3-7,11-12,14-15,17H,8-10H2,1-2H3/t12?,14-,15+/m1/s1. The number of rotatable bonds is 6. The highest BCUT2D eigenvalue weighted by Gasteiger charge is 2.37. The number of aromatic nitrogens is 3. The highest BCUT2D eigenvalue weighted by atomic mass is 15.3. The average molecular weight is 270 g/mol. The molecule has 3 rings (SSSR count). The van der Waals surface area contributed by atoms with E-state index in [1.165, 1.54) is 18.4 Å². The van der Waals surface area contributed by atoms with Gasteiger partial charge in [-0.15, -0.1) is 0 Å². The van der Waals surface area contributed by atoms with Crippen LogP contribution in [0.3, 0.4) is 0 Å². The molecular weight excluding hydrogens is 248 g/mol. The Morgan fingerprint density at radius 2 is 2.15 bits per heavy atom. The molecule has 0 spiro atoms. The van der Waals surface area contributed by atoms with Crippen molar-refractivity contribution in [2.45, 2.75) is 31.7 Å². The molecule has 1 aliphatic carbocycles. The van der Waals surface area contributed by atoms with Crippen LogP contribution in [0.1, 0.15) is 43.1 Å². The molecule has 0 aliphatic heterocycles. The molecule has 1 aromatic carbocycles. The lowest BCUT2D eigenvalue weighted by atomic mass is 10.1. The Balaban J connectivity index is 1.41. The molecular formula is C16H22N4. The first-order valence-corrected chi connectivity index (χ1v) is 7.38. The SMILES string of the molecule is CC(NCC[C@@H]1C[C@H]1c1ccccc1)c1ncn(C)n1. The van der Waals surface area contributed by atoms with Gasteiger partial charge in [0.15, 0.2) is 5.82 Å². The van der Waals surface area contributed by atoms with Gasteiger partial charge in [0.2, 0.25) is 0 Å². The summed E-state index contributed by atoms with van der Waals surface area (Å²) in [5, 5.41) is 7.85. The van der Waals surface area contributed by atoms with E-state index in [0.717, 1.165) is 24.2 Å². The van der Waals surface area contributed by atoms with E-state index in [0.29, 0.717) is 0 Å². The fourth-order valence-electron chi connectivity index (χ4n) is 2.81. The van der Waals surface area contributed by atoms with Gasteiger partial charge >= 0.3 is 0 Å². The predicted molar refractivity (Wildman–Crippen MR) is 79.3 cm³/mol. The van der Waals surface area contributed by atoms with Gasteiger partial charge in [-0.05, 0) is 43.7 Å². The number of nitrogens with zero attached hydrogens (tertiary/aromatic N) is 3. The van der Waals surface area contributed by atoms with Crippen molar-refractivity contribution in [3.63, 3.8) is 0 Å². The lowest BCUT2D eigenvalue weighted by Gasteiger charge is -2.10. The van der Waals surface area contributed by atoms with Gasteiger partial charge in [0.25, 0.3) is 0 Å². The van der Waals surface area contributed by atoms with Crippen molar-refractivity contribution in [3.05, 3.63) is 48.0 Å². The summed E-state index contributed by atoms with van der Waals surface area (Å²) < 4.78 is 1.75. The molecule has 3 atom stereocenters. The smallest absolute Gasteiger partial charge is 0.167 e. The van der Waals surface area contributed by atoms with E-state index < -0.39 is 0 Å². The second-order valence-corrected chi connectivity index (χ2v) is 5.75. The summed E-state index contributed by atoms with van der Waals surface area (Å²) in [5.74, 6) is 2.50. The molecule has 20 heavy (non-hydrogen) atoms. The summed E-state index contributed by atoms with van der Waals surface area (Å²) >= 11 is 0. The van der Waals surface area contributed by atoms with Crippen LogP contribution in [0.5, 0.6) is 0 Å². The van der Waals surface area contributed by atoms with Crippen molar-refractivity contribution in [2.75, 3.05) is 6.54 Å². The zero-order valence-corrected chi connectivity index (χ0v) is 12.2. The van der Waals surface area contributed by atoms with Crippen molar-refractivity contribution in [1.29, 1.82) is 0 Å². The molecule has 0 amide bonds. The first-order chi connectivity index (χ1) is 9.74. The molecule has 0 saturated heterocycles. The van der Waals surface area contributed by atoms with E-state index in [4.69, 9.17) is 0 Å². The zero-order chi connectivity index (χ0) is 13.9. The van der Waals surface area contributed by atoms with Crippen LogP contribution in [-0.2, 0) is 7.05 Å². The van der Waals surface area contributed by atoms with Crippen molar-refractivity contribution in [3.8, 4) is 0 Å². The third kappa shape index (κ3) is 3.07. The Hall–Kier alpha value is -1.68. The Labute approximate surface area is 120 Å². The molecule has 4 heteroatoms. The van der Waals surface area contributed by atoms with Gasteiger partial charge < -0.3 is 5.32 Å². The predicted octanol–water partition coefficient (Wildman–Crippen LogP) is 2.66. The average Bonchev–Trinajstić information content (AvgIpc) is 3.11. The van der Waals surface area contributed by atoms with Gasteiger partial charge in [0.05, 0.1) is 6.04 Å². The molecule has 1 fully saturated rings. The van der Waals surface area contributed by atoms with Crippen molar-refractivity contribution in [1.82, 2.24) is 20.1 Å². The topological polar surface area (TPSA) is 42.7 Å². The summed E-state index contributed by atoms with van der Waals surface area (Å²) in [6, 6.07) is 11.1. The minimum Gasteiger partial charge on any atom is -0.307 e. The fraction of sp³-hybridized carbons (Fsp3) is 0.500. The minimum absolute atomic E-state index is 0.227. The quantitative estimate of drug-likeness (QED) is 0.877. The van der Waals surface area contributed by atoms with E-state index in [9.17, 15) is 0 Å². The van der Waals surface area contributed by atoms with Crippen LogP contribution in [0.4, 0.5) is 0 Å². The monoisotopic (exact) mass is 270 g/mol. The molecule has 4 nitrogen and oxygen atoms in total. The number of hydrogen-bond acceptors (Lipinski definition) is 3. The van der Waals surface area contributed by atoms with Crippen LogP contribution in [0.2, 0.25) is 0 Å². The van der Waals surface area contributed by atoms with Gasteiger partial charge in [0.1, 0.15) is 6.33 Å². The molecule has 1 unspecified atom stereocenters. The summed E-state index contributed by atoms with van der Waals surface area (Å²) in [6.07, 6.45) is 4.32. The molecule has 1 aromatic heterocycles. The van der Waals surface area contributed by atoms with Gasteiger partial charge in [-0.25, -0.2) is 4.98 Å². The largest absolute Gasteiger partial charge is 0.307 e. The van der Waals surface area contributed by atoms with Crippen LogP contribution < -0.4 is 5.32 Å². The van der Waals surface area contributed by atoms with Gasteiger partial charge in [-0.3, -0.25) is 4.68 Å². The maximum atomic E-state index is 4.33. The third-order valence-electron chi connectivity index (χ3n) is 4.12. The first kappa shape index (κ1) is 13.3. The third-order valence-corrected chi connectivity index (χ3v) is 4.12. The molecule has 106 valence electrons. The van der Waals surface area contributed by atoms with Crippen molar-refractivity contribution >= 4 is 0 Å². The Morgan fingerprint density at radius 1 is 1.35 bits per heavy atom. The van der Waals surface area contributed by atoms with Gasteiger partial charge in [0, 0.05) is 7.05 Å². The van der Waals surface area contributed by atoms with Crippen LogP contribution >= 0.6 is 0 Å². The molecule has 1 saturated carbocycles. The highest BCUT2D eigenvalue weighted by molar-refractivity contribution is 5.25. The normalized spacial score (nSPS) is 22.7. The van der Waals surface area contributed by atoms with Gasteiger partial charge in [-0.2, -0.15) is 5.10 Å². The van der Waals surface area contributed by atoms with Crippen LogP contribution in [0.25, 0.3) is 0 Å². The Morgan fingerprint density at radius 3 is 2.85 bits per heavy atom. The lowest BCUT2D eigenvalue weighted by molar-refractivity contribution is 0.513. The Bertz CT molecular complexity index is 549. The highest BCUT2D eigenvalue weighted by Crippen LogP contribution is 2.49. The van der Waals surface area contributed by atoms with E-state index in [-0.39, 0.29) is 6.04 Å². The molecule has 1 aliphatic rings.